The summed E-state index contributed by atoms with van der Waals surface area (Å²) >= 11 is 6.36. The molecule has 0 radical (unpaired) electrons. The van der Waals surface area contributed by atoms with Gasteiger partial charge in [-0.2, -0.15) is 0 Å². The lowest BCUT2D eigenvalue weighted by Crippen LogP contribution is -2.31. The summed E-state index contributed by atoms with van der Waals surface area (Å²) < 4.78 is 2.06. The van der Waals surface area contributed by atoms with E-state index < -0.39 is 4.92 Å². The van der Waals surface area contributed by atoms with E-state index in [9.17, 15) is 14.9 Å². The van der Waals surface area contributed by atoms with Crippen molar-refractivity contribution in [3.05, 3.63) is 134 Å². The molecule has 0 N–H and O–H groups in total. The molecule has 3 aromatic carbocycles. The quantitative estimate of drug-likeness (QED) is 0.224. The number of carbonyl (C=O) groups excluding carboxylic acids is 1. The molecule has 0 aliphatic carbocycles. The van der Waals surface area contributed by atoms with Gasteiger partial charge in [0.25, 0.3) is 11.6 Å². The van der Waals surface area contributed by atoms with Crippen molar-refractivity contribution < 1.29 is 9.72 Å². The molecule has 7 heteroatoms. The van der Waals surface area contributed by atoms with Crippen molar-refractivity contribution in [3.8, 4) is 0 Å². The van der Waals surface area contributed by atoms with Crippen LogP contribution in [0.15, 0.2) is 91.1 Å². The van der Waals surface area contributed by atoms with Crippen LogP contribution in [-0.4, -0.2) is 20.3 Å². The number of nitro groups is 1. The Morgan fingerprint density at radius 1 is 0.971 bits per heavy atom. The number of amides is 1. The van der Waals surface area contributed by atoms with Crippen molar-refractivity contribution in [2.24, 2.45) is 0 Å². The molecule has 1 heterocycles. The van der Waals surface area contributed by atoms with Gasteiger partial charge < -0.3 is 9.47 Å². The van der Waals surface area contributed by atoms with Gasteiger partial charge in [-0.25, -0.2) is 0 Å². The SMILES string of the molecule is Cc1ccc(C(=O)N(Cc2ccccc2)Cc2cccn2Cc2ccccc2Cl)cc1[N+](=O)[O-]. The Labute approximate surface area is 203 Å². The van der Waals surface area contributed by atoms with Gasteiger partial charge in [0.1, 0.15) is 0 Å². The highest BCUT2D eigenvalue weighted by Gasteiger charge is 2.21. The Morgan fingerprint density at radius 3 is 2.44 bits per heavy atom. The standard InChI is InChI=1S/C27H24ClN3O3/c1-20-13-14-22(16-26(20)31(33)34)27(32)30(17-21-8-3-2-4-9-21)19-24-11-7-15-29(24)18-23-10-5-6-12-25(23)28/h2-16H,17-19H2,1H3. The Bertz CT molecular complexity index is 1320. The van der Waals surface area contributed by atoms with Gasteiger partial charge in [-0.3, -0.25) is 14.9 Å². The van der Waals surface area contributed by atoms with Crippen LogP contribution in [0.2, 0.25) is 5.02 Å². The van der Waals surface area contributed by atoms with E-state index in [1.54, 1.807) is 24.0 Å². The van der Waals surface area contributed by atoms with Gasteiger partial charge in [0.05, 0.1) is 11.5 Å². The molecular weight excluding hydrogens is 450 g/mol. The van der Waals surface area contributed by atoms with Crippen molar-refractivity contribution in [3.63, 3.8) is 0 Å². The fourth-order valence-electron chi connectivity index (χ4n) is 3.88. The molecule has 0 aliphatic heterocycles. The summed E-state index contributed by atoms with van der Waals surface area (Å²) in [6, 6.07) is 25.9. The molecule has 0 fully saturated rings. The van der Waals surface area contributed by atoms with E-state index in [1.165, 1.54) is 6.07 Å². The summed E-state index contributed by atoms with van der Waals surface area (Å²) in [6.07, 6.45) is 1.96. The van der Waals surface area contributed by atoms with E-state index in [-0.39, 0.29) is 17.2 Å². The van der Waals surface area contributed by atoms with Gasteiger partial charge in [-0.15, -0.1) is 0 Å². The normalized spacial score (nSPS) is 10.8. The fourth-order valence-corrected chi connectivity index (χ4v) is 4.07. The van der Waals surface area contributed by atoms with Crippen molar-refractivity contribution in [1.29, 1.82) is 0 Å². The molecule has 6 nitrogen and oxygen atoms in total. The molecule has 172 valence electrons. The number of nitrogens with zero attached hydrogens (tertiary/aromatic N) is 3. The van der Waals surface area contributed by atoms with Gasteiger partial charge in [0.2, 0.25) is 0 Å². The van der Waals surface area contributed by atoms with E-state index in [2.05, 4.69) is 4.57 Å². The molecule has 0 unspecified atom stereocenters. The number of hydrogen-bond donors (Lipinski definition) is 0. The molecule has 4 aromatic rings. The maximum absolute atomic E-state index is 13.6. The number of halogens is 1. The molecule has 4 rings (SSSR count). The summed E-state index contributed by atoms with van der Waals surface area (Å²) in [5.41, 5.74) is 3.64. The number of benzene rings is 3. The van der Waals surface area contributed by atoms with Crippen LogP contribution in [0.5, 0.6) is 0 Å². The lowest BCUT2D eigenvalue weighted by molar-refractivity contribution is -0.385. The Kier molecular flexibility index (Phi) is 7.09. The second-order valence-corrected chi connectivity index (χ2v) is 8.53. The number of nitro benzene ring substituents is 1. The number of carbonyl (C=O) groups is 1. The van der Waals surface area contributed by atoms with Crippen molar-refractivity contribution in [2.45, 2.75) is 26.6 Å². The third-order valence-electron chi connectivity index (χ3n) is 5.73. The molecule has 0 saturated heterocycles. The van der Waals surface area contributed by atoms with Crippen molar-refractivity contribution >= 4 is 23.2 Å². The monoisotopic (exact) mass is 473 g/mol. The van der Waals surface area contributed by atoms with Crippen LogP contribution < -0.4 is 0 Å². The average molecular weight is 474 g/mol. The molecular formula is C27H24ClN3O3. The number of aromatic nitrogens is 1. The topological polar surface area (TPSA) is 68.4 Å². The minimum absolute atomic E-state index is 0.0624. The first-order chi connectivity index (χ1) is 16.4. The third kappa shape index (κ3) is 5.35. The molecule has 0 saturated carbocycles. The Hall–Kier alpha value is -3.90. The van der Waals surface area contributed by atoms with E-state index in [0.29, 0.717) is 30.2 Å². The first kappa shape index (κ1) is 23.3. The van der Waals surface area contributed by atoms with Crippen LogP contribution >= 0.6 is 11.6 Å². The smallest absolute Gasteiger partial charge is 0.273 e. The predicted octanol–water partition coefficient (Wildman–Crippen LogP) is 6.25. The summed E-state index contributed by atoms with van der Waals surface area (Å²) in [6.45, 7) is 2.95. The molecule has 0 aliphatic rings. The minimum atomic E-state index is -0.456. The predicted molar refractivity (Wildman–Crippen MR) is 133 cm³/mol. The lowest BCUT2D eigenvalue weighted by Gasteiger charge is -2.24. The zero-order valence-electron chi connectivity index (χ0n) is 18.7. The summed E-state index contributed by atoms with van der Waals surface area (Å²) in [7, 11) is 0. The van der Waals surface area contributed by atoms with E-state index >= 15 is 0 Å². The van der Waals surface area contributed by atoms with Crippen LogP contribution in [0.1, 0.15) is 32.7 Å². The van der Waals surface area contributed by atoms with E-state index in [4.69, 9.17) is 11.6 Å². The lowest BCUT2D eigenvalue weighted by atomic mass is 10.1. The largest absolute Gasteiger partial charge is 0.345 e. The van der Waals surface area contributed by atoms with E-state index in [1.807, 2.05) is 72.9 Å². The number of aryl methyl sites for hydroxylation is 1. The maximum Gasteiger partial charge on any atom is 0.273 e. The van der Waals surface area contributed by atoms with Gasteiger partial charge in [0.15, 0.2) is 0 Å². The van der Waals surface area contributed by atoms with Crippen LogP contribution in [0.4, 0.5) is 5.69 Å². The highest BCUT2D eigenvalue weighted by Crippen LogP contribution is 2.23. The summed E-state index contributed by atoms with van der Waals surface area (Å²) in [5, 5.41) is 12.1. The fraction of sp³-hybridized carbons (Fsp3) is 0.148. The third-order valence-corrected chi connectivity index (χ3v) is 6.10. The van der Waals surface area contributed by atoms with Gasteiger partial charge in [-0.05, 0) is 42.3 Å². The van der Waals surface area contributed by atoms with Crippen molar-refractivity contribution in [1.82, 2.24) is 9.47 Å². The molecule has 0 atom stereocenters. The van der Waals surface area contributed by atoms with Gasteiger partial charge in [-0.1, -0.05) is 66.2 Å². The molecule has 1 aromatic heterocycles. The Morgan fingerprint density at radius 2 is 1.71 bits per heavy atom. The second-order valence-electron chi connectivity index (χ2n) is 8.12. The first-order valence-electron chi connectivity index (χ1n) is 10.9. The average Bonchev–Trinajstić information content (AvgIpc) is 3.27. The summed E-state index contributed by atoms with van der Waals surface area (Å²) in [5.74, 6) is -0.266. The highest BCUT2D eigenvalue weighted by atomic mass is 35.5. The van der Waals surface area contributed by atoms with Crippen LogP contribution in [0.25, 0.3) is 0 Å². The summed E-state index contributed by atoms with van der Waals surface area (Å²) in [4.78, 5) is 26.2. The molecule has 0 spiro atoms. The van der Waals surface area contributed by atoms with Crippen LogP contribution in [0, 0.1) is 17.0 Å². The Balaban J connectivity index is 1.65. The zero-order valence-corrected chi connectivity index (χ0v) is 19.5. The van der Waals surface area contributed by atoms with Crippen LogP contribution in [-0.2, 0) is 19.6 Å². The van der Waals surface area contributed by atoms with Gasteiger partial charge in [0, 0.05) is 47.2 Å². The first-order valence-corrected chi connectivity index (χ1v) is 11.3. The van der Waals surface area contributed by atoms with Crippen LogP contribution in [0.3, 0.4) is 0 Å². The van der Waals surface area contributed by atoms with Gasteiger partial charge >= 0.3 is 0 Å². The van der Waals surface area contributed by atoms with E-state index in [0.717, 1.165) is 16.8 Å². The number of rotatable bonds is 8. The highest BCUT2D eigenvalue weighted by molar-refractivity contribution is 6.31. The second kappa shape index (κ2) is 10.4. The maximum atomic E-state index is 13.6. The minimum Gasteiger partial charge on any atom is -0.345 e. The zero-order chi connectivity index (χ0) is 24.1. The molecule has 34 heavy (non-hydrogen) atoms. The molecule has 0 bridgehead atoms. The number of hydrogen-bond acceptors (Lipinski definition) is 3. The van der Waals surface area contributed by atoms with Crippen molar-refractivity contribution in [2.75, 3.05) is 0 Å². The molecule has 1 amide bonds.